The fourth-order valence-corrected chi connectivity index (χ4v) is 4.07. The minimum Gasteiger partial charge on any atom is -0.493 e. The predicted octanol–water partition coefficient (Wildman–Crippen LogP) is 5.24. The maximum atomic E-state index is 11.9. The summed E-state index contributed by atoms with van der Waals surface area (Å²) in [4.78, 5) is 25.1. The quantitative estimate of drug-likeness (QED) is 0.319. The summed E-state index contributed by atoms with van der Waals surface area (Å²) in [5.74, 6) is 1.85. The highest BCUT2D eigenvalue weighted by Gasteiger charge is 2.16. The third-order valence-electron chi connectivity index (χ3n) is 6.05. The Morgan fingerprint density at radius 3 is 2.65 bits per heavy atom. The third-order valence-corrected chi connectivity index (χ3v) is 6.05. The Labute approximate surface area is 214 Å². The van der Waals surface area contributed by atoms with Gasteiger partial charge in [0.25, 0.3) is 5.91 Å². The summed E-state index contributed by atoms with van der Waals surface area (Å²) in [6, 6.07) is 17.1. The van der Waals surface area contributed by atoms with Gasteiger partial charge in [-0.15, -0.1) is 0 Å². The van der Waals surface area contributed by atoms with Crippen molar-refractivity contribution in [2.45, 2.75) is 6.92 Å². The van der Waals surface area contributed by atoms with E-state index in [1.54, 1.807) is 32.5 Å². The van der Waals surface area contributed by atoms with Gasteiger partial charge in [0.2, 0.25) is 5.95 Å². The van der Waals surface area contributed by atoms with Crippen LogP contribution >= 0.6 is 0 Å². The Morgan fingerprint density at radius 2 is 1.89 bits per heavy atom. The molecule has 2 N–H and O–H groups in total. The zero-order chi connectivity index (χ0) is 25.9. The van der Waals surface area contributed by atoms with Crippen LogP contribution in [0.25, 0.3) is 22.2 Å². The molecule has 0 radical (unpaired) electrons. The van der Waals surface area contributed by atoms with Gasteiger partial charge in [0.05, 0.1) is 18.1 Å². The minimum absolute atomic E-state index is 0.258. The topological polar surface area (TPSA) is 103 Å². The Bertz CT molecular complexity index is 1600. The number of hydrogen-bond donors (Lipinski definition) is 2. The van der Waals surface area contributed by atoms with Gasteiger partial charge in [-0.05, 0) is 42.3 Å². The number of pyridine rings is 2. The number of hydrogen-bond acceptors (Lipinski definition) is 7. The average Bonchev–Trinajstić information content (AvgIpc) is 3.23. The lowest BCUT2D eigenvalue weighted by Gasteiger charge is -2.12. The summed E-state index contributed by atoms with van der Waals surface area (Å²) in [7, 11) is 5.07. The monoisotopic (exact) mass is 494 g/mol. The zero-order valence-corrected chi connectivity index (χ0v) is 20.9. The highest BCUT2D eigenvalue weighted by atomic mass is 16.5. The summed E-state index contributed by atoms with van der Waals surface area (Å²) < 4.78 is 13.6. The molecule has 0 aliphatic carbocycles. The van der Waals surface area contributed by atoms with E-state index in [1.807, 2.05) is 48.1 Å². The number of methoxy groups -OCH3 is 1. The highest BCUT2D eigenvalue weighted by Crippen LogP contribution is 2.37. The van der Waals surface area contributed by atoms with Crippen LogP contribution in [0.15, 0.2) is 73.2 Å². The number of rotatable bonds is 7. The normalized spacial score (nSPS) is 10.8. The second kappa shape index (κ2) is 9.98. The molecule has 9 heteroatoms. The number of nitrogens with one attached hydrogen (secondary N) is 2. The molecule has 0 spiro atoms. The standard InChI is InChI=1S/C28H26N6O3/c1-17-7-8-19(12-21(17)18-6-5-10-30-16-18)32-28-33-22-14-26(25(36-4)15-24(22)34(28)3)37-20-9-11-31-23(13-20)27(35)29-2/h5-16H,1-4H3,(H,29,35)(H,32,33). The molecule has 0 saturated heterocycles. The van der Waals surface area contributed by atoms with Crippen molar-refractivity contribution in [3.05, 3.63) is 84.4 Å². The number of benzene rings is 2. The van der Waals surface area contributed by atoms with Crippen LogP contribution in [0.4, 0.5) is 11.6 Å². The second-order valence-corrected chi connectivity index (χ2v) is 8.44. The maximum absolute atomic E-state index is 11.9. The molecular weight excluding hydrogens is 468 g/mol. The van der Waals surface area contributed by atoms with Gasteiger partial charge in [0.1, 0.15) is 11.4 Å². The van der Waals surface area contributed by atoms with Crippen molar-refractivity contribution < 1.29 is 14.3 Å². The van der Waals surface area contributed by atoms with Crippen LogP contribution in [0.5, 0.6) is 17.2 Å². The molecule has 0 unspecified atom stereocenters. The van der Waals surface area contributed by atoms with Crippen LogP contribution in [-0.2, 0) is 7.05 Å². The summed E-state index contributed by atoms with van der Waals surface area (Å²) in [5.41, 5.74) is 6.07. The van der Waals surface area contributed by atoms with E-state index in [9.17, 15) is 4.79 Å². The molecule has 9 nitrogen and oxygen atoms in total. The molecule has 5 aromatic rings. The lowest BCUT2D eigenvalue weighted by atomic mass is 10.0. The fourth-order valence-electron chi connectivity index (χ4n) is 4.07. The van der Waals surface area contributed by atoms with Crippen molar-refractivity contribution in [1.29, 1.82) is 0 Å². The molecule has 3 aromatic heterocycles. The Morgan fingerprint density at radius 1 is 1.03 bits per heavy atom. The van der Waals surface area contributed by atoms with Crippen molar-refractivity contribution in [2.75, 3.05) is 19.5 Å². The van der Waals surface area contributed by atoms with E-state index < -0.39 is 0 Å². The number of nitrogens with zero attached hydrogens (tertiary/aromatic N) is 4. The van der Waals surface area contributed by atoms with Gasteiger partial charge in [-0.3, -0.25) is 14.8 Å². The molecule has 0 saturated carbocycles. The van der Waals surface area contributed by atoms with Crippen LogP contribution in [-0.4, -0.2) is 39.6 Å². The number of aryl methyl sites for hydroxylation is 2. The van der Waals surface area contributed by atoms with Crippen LogP contribution in [0.2, 0.25) is 0 Å². The Hall–Kier alpha value is -4.92. The lowest BCUT2D eigenvalue weighted by Crippen LogP contribution is -2.18. The summed E-state index contributed by atoms with van der Waals surface area (Å²) in [6.45, 7) is 2.08. The first-order valence-electron chi connectivity index (χ1n) is 11.7. The first-order chi connectivity index (χ1) is 18.0. The van der Waals surface area contributed by atoms with Gasteiger partial charge in [-0.2, -0.15) is 0 Å². The van der Waals surface area contributed by atoms with E-state index in [1.165, 1.54) is 6.20 Å². The number of amides is 1. The largest absolute Gasteiger partial charge is 0.493 e. The number of imidazole rings is 1. The molecule has 0 aliphatic heterocycles. The molecule has 37 heavy (non-hydrogen) atoms. The van der Waals surface area contributed by atoms with Crippen LogP contribution < -0.4 is 20.1 Å². The van der Waals surface area contributed by atoms with E-state index in [-0.39, 0.29) is 11.6 Å². The molecule has 1 amide bonds. The van der Waals surface area contributed by atoms with Crippen molar-refractivity contribution in [3.63, 3.8) is 0 Å². The molecule has 0 fully saturated rings. The van der Waals surface area contributed by atoms with Crippen LogP contribution in [0.1, 0.15) is 16.1 Å². The molecule has 0 aliphatic rings. The summed E-state index contributed by atoms with van der Waals surface area (Å²) in [6.07, 6.45) is 5.15. The average molecular weight is 495 g/mol. The molecule has 0 bridgehead atoms. The van der Waals surface area contributed by atoms with E-state index in [0.29, 0.717) is 23.2 Å². The number of ether oxygens (including phenoxy) is 2. The molecule has 3 heterocycles. The third kappa shape index (κ3) is 4.79. The van der Waals surface area contributed by atoms with Gasteiger partial charge in [-0.25, -0.2) is 4.98 Å². The second-order valence-electron chi connectivity index (χ2n) is 8.44. The van der Waals surface area contributed by atoms with Gasteiger partial charge in [-0.1, -0.05) is 12.1 Å². The number of carbonyl (C=O) groups excluding carboxylic acids is 1. The summed E-state index contributed by atoms with van der Waals surface area (Å²) >= 11 is 0. The van der Waals surface area contributed by atoms with E-state index in [4.69, 9.17) is 14.5 Å². The van der Waals surface area contributed by atoms with Gasteiger partial charge < -0.3 is 24.7 Å². The molecule has 0 atom stereocenters. The Balaban J connectivity index is 1.47. The smallest absolute Gasteiger partial charge is 0.269 e. The van der Waals surface area contributed by atoms with E-state index in [2.05, 4.69) is 39.7 Å². The molecule has 2 aromatic carbocycles. The maximum Gasteiger partial charge on any atom is 0.269 e. The van der Waals surface area contributed by atoms with Gasteiger partial charge in [0.15, 0.2) is 11.5 Å². The fraction of sp³-hybridized carbons (Fsp3) is 0.143. The van der Waals surface area contributed by atoms with E-state index >= 15 is 0 Å². The van der Waals surface area contributed by atoms with Gasteiger partial charge >= 0.3 is 0 Å². The zero-order valence-electron chi connectivity index (χ0n) is 20.9. The highest BCUT2D eigenvalue weighted by molar-refractivity contribution is 5.92. The molecular formula is C28H26N6O3. The Kier molecular flexibility index (Phi) is 6.42. The summed E-state index contributed by atoms with van der Waals surface area (Å²) in [5, 5.41) is 5.99. The number of aromatic nitrogens is 4. The minimum atomic E-state index is -0.295. The molecule has 186 valence electrons. The lowest BCUT2D eigenvalue weighted by molar-refractivity contribution is 0.0958. The number of anilines is 2. The predicted molar refractivity (Wildman–Crippen MR) is 143 cm³/mol. The van der Waals surface area contributed by atoms with Crippen molar-refractivity contribution in [1.82, 2.24) is 24.8 Å². The number of carbonyl (C=O) groups is 1. The van der Waals surface area contributed by atoms with Crippen molar-refractivity contribution >= 4 is 28.6 Å². The van der Waals surface area contributed by atoms with Gasteiger partial charge in [0, 0.05) is 62.1 Å². The number of fused-ring (bicyclic) bond motifs is 1. The van der Waals surface area contributed by atoms with Crippen molar-refractivity contribution in [2.24, 2.45) is 7.05 Å². The first kappa shape index (κ1) is 23.8. The van der Waals surface area contributed by atoms with Crippen LogP contribution in [0.3, 0.4) is 0 Å². The van der Waals surface area contributed by atoms with E-state index in [0.717, 1.165) is 33.4 Å². The molecule has 5 rings (SSSR count). The van der Waals surface area contributed by atoms with Crippen molar-refractivity contribution in [3.8, 4) is 28.4 Å². The SMILES string of the molecule is CNC(=O)c1cc(Oc2cc3nc(Nc4ccc(C)c(-c5cccnc5)c4)n(C)c3cc2OC)ccn1. The van der Waals surface area contributed by atoms with Crippen LogP contribution in [0, 0.1) is 6.92 Å². The first-order valence-corrected chi connectivity index (χ1v) is 11.7.